The van der Waals surface area contributed by atoms with Gasteiger partial charge in [0.2, 0.25) is 0 Å². The van der Waals surface area contributed by atoms with Crippen molar-refractivity contribution >= 4 is 11.9 Å². The molecule has 3 unspecified atom stereocenters. The molecule has 208 valence electrons. The van der Waals surface area contributed by atoms with E-state index in [1.165, 1.54) is 70.6 Å². The van der Waals surface area contributed by atoms with Crippen molar-refractivity contribution in [1.82, 2.24) is 0 Å². The second-order valence-corrected chi connectivity index (χ2v) is 10.6. The number of esters is 2. The van der Waals surface area contributed by atoms with Gasteiger partial charge in [-0.1, -0.05) is 118 Å². The van der Waals surface area contributed by atoms with Gasteiger partial charge in [-0.05, 0) is 43.9 Å². The molecule has 0 fully saturated rings. The van der Waals surface area contributed by atoms with Gasteiger partial charge in [0.1, 0.15) is 0 Å². The maximum Gasteiger partial charge on any atom is 0.308 e. The van der Waals surface area contributed by atoms with E-state index in [0.29, 0.717) is 31.5 Å². The summed E-state index contributed by atoms with van der Waals surface area (Å²) >= 11 is 0. The van der Waals surface area contributed by atoms with Crippen LogP contribution in [0.25, 0.3) is 0 Å². The van der Waals surface area contributed by atoms with E-state index < -0.39 is 0 Å². The molecule has 3 atom stereocenters. The molecule has 0 amide bonds. The smallest absolute Gasteiger partial charge is 0.308 e. The Bertz CT molecular complexity index is 490. The number of carbonyl (C=O) groups is 2. The first-order valence-electron chi connectivity index (χ1n) is 15.3. The summed E-state index contributed by atoms with van der Waals surface area (Å²) in [7, 11) is 0. The Morgan fingerprint density at radius 2 is 1.03 bits per heavy atom. The highest BCUT2D eigenvalue weighted by Crippen LogP contribution is 2.19. The highest BCUT2D eigenvalue weighted by molar-refractivity contribution is 5.72. The zero-order valence-electron chi connectivity index (χ0n) is 24.2. The predicted octanol–water partition coefficient (Wildman–Crippen LogP) is 9.43. The summed E-state index contributed by atoms with van der Waals surface area (Å²) in [5.74, 6) is 1.12. The lowest BCUT2D eigenvalue weighted by Crippen LogP contribution is -2.21. The quantitative estimate of drug-likeness (QED) is 0.0932. The SMILES string of the molecule is CCCCC(CC)COC(=O)CCCCCCCCCCC(CC)C(=O)OCC(CC)CCCC. The lowest BCUT2D eigenvalue weighted by Gasteiger charge is -2.18. The summed E-state index contributed by atoms with van der Waals surface area (Å²) < 4.78 is 11.2. The van der Waals surface area contributed by atoms with Crippen molar-refractivity contribution in [3.05, 3.63) is 0 Å². The summed E-state index contributed by atoms with van der Waals surface area (Å²) in [4.78, 5) is 24.4. The minimum atomic E-state index is -0.0184. The summed E-state index contributed by atoms with van der Waals surface area (Å²) in [5.41, 5.74) is 0. The highest BCUT2D eigenvalue weighted by atomic mass is 16.5. The maximum atomic E-state index is 12.5. The monoisotopic (exact) mass is 496 g/mol. The Kier molecular flexibility index (Phi) is 23.9. The van der Waals surface area contributed by atoms with Crippen LogP contribution in [0.5, 0.6) is 0 Å². The second kappa shape index (κ2) is 24.6. The van der Waals surface area contributed by atoms with Crippen LogP contribution in [-0.2, 0) is 19.1 Å². The molecule has 35 heavy (non-hydrogen) atoms. The van der Waals surface area contributed by atoms with Gasteiger partial charge in [-0.25, -0.2) is 0 Å². The summed E-state index contributed by atoms with van der Waals surface area (Å²) in [6.07, 6.45) is 21.1. The van der Waals surface area contributed by atoms with E-state index in [4.69, 9.17) is 9.47 Å². The van der Waals surface area contributed by atoms with Crippen LogP contribution in [0.2, 0.25) is 0 Å². The third-order valence-corrected chi connectivity index (χ3v) is 7.54. The molecule has 0 aliphatic carbocycles. The van der Waals surface area contributed by atoms with Crippen molar-refractivity contribution in [1.29, 1.82) is 0 Å². The topological polar surface area (TPSA) is 52.6 Å². The van der Waals surface area contributed by atoms with Crippen molar-refractivity contribution in [2.24, 2.45) is 17.8 Å². The summed E-state index contributed by atoms with van der Waals surface area (Å²) in [5, 5.41) is 0. The molecular formula is C31H60O4. The molecule has 0 aromatic rings. The molecule has 0 aromatic carbocycles. The van der Waals surface area contributed by atoms with Crippen LogP contribution in [0, 0.1) is 17.8 Å². The Morgan fingerprint density at radius 1 is 0.543 bits per heavy atom. The molecule has 0 rings (SSSR count). The Hall–Kier alpha value is -1.06. The van der Waals surface area contributed by atoms with Gasteiger partial charge < -0.3 is 9.47 Å². The molecule has 4 nitrogen and oxygen atoms in total. The molecule has 4 heteroatoms. The Morgan fingerprint density at radius 3 is 1.51 bits per heavy atom. The van der Waals surface area contributed by atoms with Gasteiger partial charge >= 0.3 is 11.9 Å². The van der Waals surface area contributed by atoms with E-state index in [1.54, 1.807) is 0 Å². The third-order valence-electron chi connectivity index (χ3n) is 7.54. The first-order chi connectivity index (χ1) is 17.0. The van der Waals surface area contributed by atoms with E-state index >= 15 is 0 Å². The predicted molar refractivity (Wildman–Crippen MR) is 148 cm³/mol. The Balaban J connectivity index is 3.71. The second-order valence-electron chi connectivity index (χ2n) is 10.6. The van der Waals surface area contributed by atoms with Gasteiger partial charge in [0.15, 0.2) is 0 Å². The number of carbonyl (C=O) groups excluding carboxylic acids is 2. The number of hydrogen-bond donors (Lipinski definition) is 0. The lowest BCUT2D eigenvalue weighted by molar-refractivity contribution is -0.150. The van der Waals surface area contributed by atoms with Crippen LogP contribution in [0.4, 0.5) is 0 Å². The Labute approximate surface area is 218 Å². The minimum absolute atomic E-state index is 0.0184. The first kappa shape index (κ1) is 33.9. The highest BCUT2D eigenvalue weighted by Gasteiger charge is 2.19. The van der Waals surface area contributed by atoms with Gasteiger partial charge in [-0.2, -0.15) is 0 Å². The first-order valence-corrected chi connectivity index (χ1v) is 15.3. The number of ether oxygens (including phenoxy) is 2. The summed E-state index contributed by atoms with van der Waals surface area (Å²) in [6.45, 7) is 12.1. The molecule has 0 N–H and O–H groups in total. The average Bonchev–Trinajstić information content (AvgIpc) is 2.87. The molecule has 0 radical (unpaired) electrons. The number of hydrogen-bond acceptors (Lipinski definition) is 4. The molecular weight excluding hydrogens is 436 g/mol. The van der Waals surface area contributed by atoms with Crippen LogP contribution in [0.3, 0.4) is 0 Å². The van der Waals surface area contributed by atoms with E-state index in [1.807, 2.05) is 0 Å². The number of rotatable bonds is 25. The fraction of sp³-hybridized carbons (Fsp3) is 0.935. The van der Waals surface area contributed by atoms with Crippen LogP contribution >= 0.6 is 0 Å². The van der Waals surface area contributed by atoms with Crippen molar-refractivity contribution in [2.45, 2.75) is 157 Å². The maximum absolute atomic E-state index is 12.5. The molecule has 0 saturated carbocycles. The standard InChI is InChI=1S/C31H60O4/c1-6-11-21-27(8-3)25-34-30(32)24-20-18-16-14-13-15-17-19-23-29(10-5)31(33)35-26-28(9-4)22-12-7-2/h27-29H,6-26H2,1-5H3. The van der Waals surface area contributed by atoms with Gasteiger partial charge in [0.25, 0.3) is 0 Å². The molecule has 0 aliphatic rings. The fourth-order valence-electron chi connectivity index (χ4n) is 4.61. The molecule has 0 saturated heterocycles. The molecule has 0 aliphatic heterocycles. The molecule has 0 bridgehead atoms. The zero-order valence-corrected chi connectivity index (χ0v) is 24.2. The van der Waals surface area contributed by atoms with E-state index in [-0.39, 0.29) is 17.9 Å². The third kappa shape index (κ3) is 19.8. The van der Waals surface area contributed by atoms with Gasteiger partial charge in [-0.3, -0.25) is 9.59 Å². The van der Waals surface area contributed by atoms with Crippen molar-refractivity contribution in [3.63, 3.8) is 0 Å². The zero-order chi connectivity index (χ0) is 26.2. The van der Waals surface area contributed by atoms with Gasteiger partial charge in [0.05, 0.1) is 19.1 Å². The van der Waals surface area contributed by atoms with Crippen LogP contribution in [0.15, 0.2) is 0 Å². The largest absolute Gasteiger partial charge is 0.465 e. The van der Waals surface area contributed by atoms with Crippen molar-refractivity contribution in [2.75, 3.05) is 13.2 Å². The van der Waals surface area contributed by atoms with Crippen LogP contribution < -0.4 is 0 Å². The van der Waals surface area contributed by atoms with Crippen molar-refractivity contribution < 1.29 is 19.1 Å². The minimum Gasteiger partial charge on any atom is -0.465 e. The van der Waals surface area contributed by atoms with Crippen LogP contribution in [-0.4, -0.2) is 25.2 Å². The normalized spacial score (nSPS) is 13.9. The van der Waals surface area contributed by atoms with Crippen LogP contribution in [0.1, 0.15) is 157 Å². The van der Waals surface area contributed by atoms with E-state index in [9.17, 15) is 9.59 Å². The molecule has 0 heterocycles. The molecule has 0 aromatic heterocycles. The van der Waals surface area contributed by atoms with Gasteiger partial charge in [0, 0.05) is 6.42 Å². The summed E-state index contributed by atoms with van der Waals surface area (Å²) in [6, 6.07) is 0. The number of unbranched alkanes of at least 4 members (excludes halogenated alkanes) is 9. The average molecular weight is 497 g/mol. The van der Waals surface area contributed by atoms with Crippen molar-refractivity contribution in [3.8, 4) is 0 Å². The molecule has 0 spiro atoms. The fourth-order valence-corrected chi connectivity index (χ4v) is 4.61. The van der Waals surface area contributed by atoms with Gasteiger partial charge in [-0.15, -0.1) is 0 Å². The van der Waals surface area contributed by atoms with E-state index in [0.717, 1.165) is 44.9 Å². The lowest BCUT2D eigenvalue weighted by atomic mass is 9.97. The van der Waals surface area contributed by atoms with E-state index in [2.05, 4.69) is 34.6 Å².